The van der Waals surface area contributed by atoms with Crippen molar-refractivity contribution in [3.8, 4) is 0 Å². The first-order valence-electron chi connectivity index (χ1n) is 5.75. The largest absolute Gasteiger partial charge is 0.460 e. The van der Waals surface area contributed by atoms with Crippen LogP contribution in [-0.2, 0) is 0 Å². The summed E-state index contributed by atoms with van der Waals surface area (Å²) in [6, 6.07) is 10.2. The molecular weight excluding hydrogens is 244 g/mol. The number of fused-ring (bicyclic) bond motifs is 1. The van der Waals surface area contributed by atoms with Crippen LogP contribution < -0.4 is 0 Å². The highest BCUT2D eigenvalue weighted by Gasteiger charge is 2.35. The van der Waals surface area contributed by atoms with E-state index in [0.29, 0.717) is 16.9 Å². The molecule has 1 aliphatic heterocycles. The van der Waals surface area contributed by atoms with E-state index in [2.05, 4.69) is 5.10 Å². The van der Waals surface area contributed by atoms with Crippen molar-refractivity contribution in [2.24, 2.45) is 5.10 Å². The lowest BCUT2D eigenvalue weighted by molar-refractivity contribution is 0.0660. The Morgan fingerprint density at radius 3 is 2.21 bits per heavy atom. The zero-order valence-electron chi connectivity index (χ0n) is 10.2. The third-order valence-electron chi connectivity index (χ3n) is 2.83. The topological polar surface area (TPSA) is 62.9 Å². The highest BCUT2D eigenvalue weighted by atomic mass is 16.3. The van der Waals surface area contributed by atoms with Crippen molar-refractivity contribution >= 4 is 18.0 Å². The fourth-order valence-electron chi connectivity index (χ4n) is 1.92. The van der Waals surface area contributed by atoms with E-state index in [1.807, 2.05) is 0 Å². The summed E-state index contributed by atoms with van der Waals surface area (Å²) in [7, 11) is 0. The number of nitrogens with zero attached hydrogens (tertiary/aromatic N) is 2. The van der Waals surface area contributed by atoms with E-state index in [4.69, 9.17) is 4.42 Å². The third-order valence-corrected chi connectivity index (χ3v) is 2.83. The van der Waals surface area contributed by atoms with Crippen LogP contribution in [0.15, 0.2) is 45.9 Å². The Labute approximate surface area is 109 Å². The number of rotatable bonds is 2. The zero-order valence-corrected chi connectivity index (χ0v) is 10.2. The average Bonchev–Trinajstić information content (AvgIpc) is 2.93. The molecule has 3 rings (SSSR count). The molecule has 0 saturated heterocycles. The predicted molar refractivity (Wildman–Crippen MR) is 68.0 cm³/mol. The van der Waals surface area contributed by atoms with Gasteiger partial charge in [0.15, 0.2) is 0 Å². The van der Waals surface area contributed by atoms with Crippen LogP contribution >= 0.6 is 0 Å². The van der Waals surface area contributed by atoms with Gasteiger partial charge in [-0.3, -0.25) is 9.59 Å². The zero-order chi connectivity index (χ0) is 13.4. The number of aryl methyl sites for hydroxylation is 1. The maximum Gasteiger partial charge on any atom is 0.282 e. The van der Waals surface area contributed by atoms with Crippen molar-refractivity contribution in [2.75, 3.05) is 0 Å². The van der Waals surface area contributed by atoms with Crippen LogP contribution in [0.2, 0.25) is 0 Å². The molecule has 0 saturated carbocycles. The molecule has 0 fully saturated rings. The molecule has 2 heterocycles. The van der Waals surface area contributed by atoms with E-state index < -0.39 is 11.8 Å². The normalized spacial score (nSPS) is 14.5. The number of furan rings is 1. The first-order valence-corrected chi connectivity index (χ1v) is 5.75. The molecule has 2 aromatic rings. The molecule has 94 valence electrons. The number of hydrogen-bond donors (Lipinski definition) is 0. The molecule has 0 N–H and O–H groups in total. The molecule has 1 aliphatic rings. The summed E-state index contributed by atoms with van der Waals surface area (Å²) in [5.74, 6) is 0.401. The van der Waals surface area contributed by atoms with E-state index in [9.17, 15) is 9.59 Å². The van der Waals surface area contributed by atoms with Gasteiger partial charge >= 0.3 is 0 Å². The monoisotopic (exact) mass is 254 g/mol. The molecular formula is C14H10N2O3. The summed E-state index contributed by atoms with van der Waals surface area (Å²) in [4.78, 5) is 24.0. The average molecular weight is 254 g/mol. The van der Waals surface area contributed by atoms with E-state index in [0.717, 1.165) is 10.8 Å². The smallest absolute Gasteiger partial charge is 0.282 e. The summed E-state index contributed by atoms with van der Waals surface area (Å²) >= 11 is 0. The van der Waals surface area contributed by atoms with Gasteiger partial charge in [0.05, 0.1) is 17.3 Å². The Morgan fingerprint density at radius 1 is 1.05 bits per heavy atom. The minimum atomic E-state index is -0.417. The first kappa shape index (κ1) is 11.4. The van der Waals surface area contributed by atoms with E-state index >= 15 is 0 Å². The Kier molecular flexibility index (Phi) is 2.52. The van der Waals surface area contributed by atoms with Crippen molar-refractivity contribution in [3.05, 3.63) is 59.0 Å². The molecule has 2 amide bonds. The standard InChI is InChI=1S/C14H10N2O3/c1-9-6-7-10(19-9)8-15-16-13(17)11-4-2-3-5-12(11)14(16)18/h2-8H,1H3/b15-8-. The molecule has 1 aromatic heterocycles. The molecule has 5 nitrogen and oxygen atoms in total. The first-order chi connectivity index (χ1) is 9.16. The number of carbonyl (C=O) groups excluding carboxylic acids is 2. The Balaban J connectivity index is 1.90. The number of benzene rings is 1. The van der Waals surface area contributed by atoms with Gasteiger partial charge in [0.25, 0.3) is 11.8 Å². The lowest BCUT2D eigenvalue weighted by Gasteiger charge is -2.04. The second-order valence-electron chi connectivity index (χ2n) is 4.16. The molecule has 1 aromatic carbocycles. The number of hydrogen-bond acceptors (Lipinski definition) is 4. The lowest BCUT2D eigenvalue weighted by atomic mass is 10.1. The van der Waals surface area contributed by atoms with Crippen LogP contribution in [0.4, 0.5) is 0 Å². The van der Waals surface area contributed by atoms with Gasteiger partial charge in [-0.05, 0) is 31.2 Å². The van der Waals surface area contributed by atoms with E-state index in [1.165, 1.54) is 6.21 Å². The number of imide groups is 1. The SMILES string of the molecule is Cc1ccc(/C=N\N2C(=O)c3ccccc3C2=O)o1. The van der Waals surface area contributed by atoms with Crippen molar-refractivity contribution in [2.45, 2.75) is 6.92 Å². The highest BCUT2D eigenvalue weighted by Crippen LogP contribution is 2.22. The van der Waals surface area contributed by atoms with Gasteiger partial charge in [0, 0.05) is 0 Å². The van der Waals surface area contributed by atoms with Crippen LogP contribution in [0.3, 0.4) is 0 Å². The Bertz CT molecular complexity index is 665. The maximum atomic E-state index is 12.0. The number of carbonyl (C=O) groups is 2. The van der Waals surface area contributed by atoms with Gasteiger partial charge in [-0.1, -0.05) is 12.1 Å². The minimum absolute atomic E-state index is 0.375. The van der Waals surface area contributed by atoms with Crippen molar-refractivity contribution < 1.29 is 14.0 Å². The molecule has 0 unspecified atom stereocenters. The van der Waals surface area contributed by atoms with Crippen LogP contribution in [0, 0.1) is 6.92 Å². The second-order valence-corrected chi connectivity index (χ2v) is 4.16. The molecule has 0 radical (unpaired) electrons. The Hall–Kier alpha value is -2.69. The summed E-state index contributed by atoms with van der Waals surface area (Å²) < 4.78 is 5.29. The molecule has 0 aliphatic carbocycles. The third kappa shape index (κ3) is 1.85. The van der Waals surface area contributed by atoms with Gasteiger partial charge in [-0.25, -0.2) is 0 Å². The number of hydrazone groups is 1. The van der Waals surface area contributed by atoms with Gasteiger partial charge in [0.1, 0.15) is 11.5 Å². The van der Waals surface area contributed by atoms with E-state index in [1.54, 1.807) is 43.3 Å². The minimum Gasteiger partial charge on any atom is -0.460 e. The summed E-state index contributed by atoms with van der Waals surface area (Å²) in [6.45, 7) is 1.80. The fourth-order valence-corrected chi connectivity index (χ4v) is 1.92. The molecule has 19 heavy (non-hydrogen) atoms. The highest BCUT2D eigenvalue weighted by molar-refractivity contribution is 6.21. The number of amides is 2. The summed E-state index contributed by atoms with van der Waals surface area (Å²) in [5, 5.41) is 4.75. The quantitative estimate of drug-likeness (QED) is 0.609. The van der Waals surface area contributed by atoms with Gasteiger partial charge in [0.2, 0.25) is 0 Å². The van der Waals surface area contributed by atoms with Crippen LogP contribution in [0.25, 0.3) is 0 Å². The lowest BCUT2D eigenvalue weighted by Crippen LogP contribution is -2.23. The molecule has 5 heteroatoms. The maximum absolute atomic E-state index is 12.0. The second kappa shape index (κ2) is 4.20. The van der Waals surface area contributed by atoms with Crippen molar-refractivity contribution in [1.29, 1.82) is 0 Å². The van der Waals surface area contributed by atoms with Crippen LogP contribution in [0.1, 0.15) is 32.2 Å². The van der Waals surface area contributed by atoms with Crippen LogP contribution in [0.5, 0.6) is 0 Å². The van der Waals surface area contributed by atoms with Crippen molar-refractivity contribution in [3.63, 3.8) is 0 Å². The summed E-state index contributed by atoms with van der Waals surface area (Å²) in [6.07, 6.45) is 1.36. The molecule has 0 spiro atoms. The predicted octanol–water partition coefficient (Wildman–Crippen LogP) is 2.22. The molecule has 0 atom stereocenters. The molecule has 0 bridgehead atoms. The van der Waals surface area contributed by atoms with E-state index in [-0.39, 0.29) is 0 Å². The van der Waals surface area contributed by atoms with Crippen LogP contribution in [-0.4, -0.2) is 23.0 Å². The summed E-state index contributed by atoms with van der Waals surface area (Å²) in [5.41, 5.74) is 0.751. The van der Waals surface area contributed by atoms with Gasteiger partial charge in [-0.2, -0.15) is 10.1 Å². The van der Waals surface area contributed by atoms with Crippen molar-refractivity contribution in [1.82, 2.24) is 5.01 Å². The Morgan fingerprint density at radius 2 is 1.68 bits per heavy atom. The van der Waals surface area contributed by atoms with Gasteiger partial charge < -0.3 is 4.42 Å². The van der Waals surface area contributed by atoms with Gasteiger partial charge in [-0.15, -0.1) is 0 Å². The fraction of sp³-hybridized carbons (Fsp3) is 0.0714.